The highest BCUT2D eigenvalue weighted by atomic mass is 16.4. The first-order chi connectivity index (χ1) is 4.79. The molecule has 0 saturated heterocycles. The Labute approximate surface area is 59.9 Å². The van der Waals surface area contributed by atoms with E-state index in [4.69, 9.17) is 5.11 Å². The molecule has 0 radical (unpaired) electrons. The van der Waals surface area contributed by atoms with E-state index in [0.29, 0.717) is 0 Å². The SMILES string of the molecule is O=C(O)C[C@@H]1C=CC=CC1. The van der Waals surface area contributed by atoms with Crippen molar-refractivity contribution in [2.45, 2.75) is 12.8 Å². The molecule has 10 heavy (non-hydrogen) atoms. The molecule has 0 heterocycles. The van der Waals surface area contributed by atoms with Crippen LogP contribution in [0, 0.1) is 5.92 Å². The lowest BCUT2D eigenvalue weighted by Gasteiger charge is -2.08. The van der Waals surface area contributed by atoms with Crippen molar-refractivity contribution in [3.8, 4) is 0 Å². The zero-order valence-electron chi connectivity index (χ0n) is 5.66. The van der Waals surface area contributed by atoms with Crippen LogP contribution in [0.5, 0.6) is 0 Å². The van der Waals surface area contributed by atoms with Gasteiger partial charge in [0.05, 0.1) is 6.42 Å². The maximum atomic E-state index is 10.2. The van der Waals surface area contributed by atoms with Gasteiger partial charge in [0, 0.05) is 0 Å². The summed E-state index contributed by atoms with van der Waals surface area (Å²) in [5, 5.41) is 8.41. The molecule has 0 aliphatic heterocycles. The van der Waals surface area contributed by atoms with Gasteiger partial charge in [0.15, 0.2) is 0 Å². The number of rotatable bonds is 2. The topological polar surface area (TPSA) is 37.3 Å². The average molecular weight is 138 g/mol. The maximum Gasteiger partial charge on any atom is 0.303 e. The van der Waals surface area contributed by atoms with Crippen LogP contribution in [0.15, 0.2) is 24.3 Å². The minimum atomic E-state index is -0.718. The van der Waals surface area contributed by atoms with Gasteiger partial charge >= 0.3 is 5.97 Å². The highest BCUT2D eigenvalue weighted by Gasteiger charge is 2.08. The van der Waals surface area contributed by atoms with Crippen molar-refractivity contribution in [2.24, 2.45) is 5.92 Å². The van der Waals surface area contributed by atoms with E-state index in [9.17, 15) is 4.79 Å². The number of carboxylic acid groups (broad SMARTS) is 1. The molecule has 0 amide bonds. The van der Waals surface area contributed by atoms with Crippen LogP contribution in [-0.2, 0) is 4.79 Å². The monoisotopic (exact) mass is 138 g/mol. The molecule has 0 spiro atoms. The lowest BCUT2D eigenvalue weighted by atomic mass is 9.98. The highest BCUT2D eigenvalue weighted by molar-refractivity contribution is 5.67. The summed E-state index contributed by atoms with van der Waals surface area (Å²) in [5.74, 6) is -0.507. The van der Waals surface area contributed by atoms with Crippen LogP contribution >= 0.6 is 0 Å². The summed E-state index contributed by atoms with van der Waals surface area (Å²) in [6.45, 7) is 0. The molecule has 0 aromatic rings. The Hall–Kier alpha value is -1.05. The second-order valence-corrected chi connectivity index (χ2v) is 2.41. The Morgan fingerprint density at radius 1 is 1.60 bits per heavy atom. The molecular weight excluding hydrogens is 128 g/mol. The van der Waals surface area contributed by atoms with Gasteiger partial charge in [0.25, 0.3) is 0 Å². The van der Waals surface area contributed by atoms with Crippen molar-refractivity contribution < 1.29 is 9.90 Å². The van der Waals surface area contributed by atoms with Crippen LogP contribution in [-0.4, -0.2) is 11.1 Å². The third kappa shape index (κ3) is 2.05. The lowest BCUT2D eigenvalue weighted by Crippen LogP contribution is -2.05. The molecule has 0 bridgehead atoms. The molecule has 1 rings (SSSR count). The zero-order chi connectivity index (χ0) is 7.40. The van der Waals surface area contributed by atoms with Crippen LogP contribution in [0.3, 0.4) is 0 Å². The standard InChI is InChI=1S/C8H10O2/c9-8(10)6-7-4-2-1-3-5-7/h1-4,7H,5-6H2,(H,9,10)/t7-/m1/s1. The smallest absolute Gasteiger partial charge is 0.303 e. The summed E-state index contributed by atoms with van der Waals surface area (Å²) in [5.41, 5.74) is 0. The molecule has 1 atom stereocenters. The Kier molecular flexibility index (Phi) is 2.26. The van der Waals surface area contributed by atoms with Gasteiger partial charge in [-0.2, -0.15) is 0 Å². The largest absolute Gasteiger partial charge is 0.481 e. The maximum absolute atomic E-state index is 10.2. The van der Waals surface area contributed by atoms with Gasteiger partial charge in [-0.3, -0.25) is 4.79 Å². The predicted octanol–water partition coefficient (Wildman–Crippen LogP) is 1.59. The minimum Gasteiger partial charge on any atom is -0.481 e. The van der Waals surface area contributed by atoms with Crippen molar-refractivity contribution in [2.75, 3.05) is 0 Å². The van der Waals surface area contributed by atoms with Crippen LogP contribution in [0.25, 0.3) is 0 Å². The van der Waals surface area contributed by atoms with E-state index >= 15 is 0 Å². The van der Waals surface area contributed by atoms with E-state index in [1.54, 1.807) is 0 Å². The summed E-state index contributed by atoms with van der Waals surface area (Å²) in [6.07, 6.45) is 8.89. The van der Waals surface area contributed by atoms with Crippen molar-refractivity contribution in [1.29, 1.82) is 0 Å². The number of carboxylic acids is 1. The van der Waals surface area contributed by atoms with E-state index in [2.05, 4.69) is 0 Å². The van der Waals surface area contributed by atoms with Gasteiger partial charge < -0.3 is 5.11 Å². The third-order valence-corrected chi connectivity index (χ3v) is 1.51. The van der Waals surface area contributed by atoms with Gasteiger partial charge in [0.1, 0.15) is 0 Å². The summed E-state index contributed by atoms with van der Waals surface area (Å²) in [4.78, 5) is 10.2. The van der Waals surface area contributed by atoms with Crippen molar-refractivity contribution in [3.63, 3.8) is 0 Å². The second-order valence-electron chi connectivity index (χ2n) is 2.41. The molecule has 1 N–H and O–H groups in total. The van der Waals surface area contributed by atoms with Gasteiger partial charge in [0.2, 0.25) is 0 Å². The summed E-state index contributed by atoms with van der Waals surface area (Å²) in [6, 6.07) is 0. The first kappa shape index (κ1) is 7.06. The molecule has 0 aromatic carbocycles. The van der Waals surface area contributed by atoms with E-state index in [0.717, 1.165) is 6.42 Å². The number of allylic oxidation sites excluding steroid dienone is 4. The van der Waals surface area contributed by atoms with Gasteiger partial charge in [-0.15, -0.1) is 0 Å². The molecule has 54 valence electrons. The van der Waals surface area contributed by atoms with Crippen LogP contribution < -0.4 is 0 Å². The van der Waals surface area contributed by atoms with Crippen LogP contribution in [0.2, 0.25) is 0 Å². The van der Waals surface area contributed by atoms with Gasteiger partial charge in [-0.05, 0) is 12.3 Å². The van der Waals surface area contributed by atoms with Gasteiger partial charge in [-0.25, -0.2) is 0 Å². The molecule has 1 aliphatic rings. The fraction of sp³-hybridized carbons (Fsp3) is 0.375. The highest BCUT2D eigenvalue weighted by Crippen LogP contribution is 2.14. The molecule has 0 aromatic heterocycles. The van der Waals surface area contributed by atoms with Crippen molar-refractivity contribution in [3.05, 3.63) is 24.3 Å². The molecule has 2 nitrogen and oxygen atoms in total. The van der Waals surface area contributed by atoms with E-state index in [1.165, 1.54) is 0 Å². The van der Waals surface area contributed by atoms with Crippen LogP contribution in [0.1, 0.15) is 12.8 Å². The van der Waals surface area contributed by atoms with E-state index in [-0.39, 0.29) is 12.3 Å². The third-order valence-electron chi connectivity index (χ3n) is 1.51. The summed E-state index contributed by atoms with van der Waals surface area (Å²) in [7, 11) is 0. The van der Waals surface area contributed by atoms with Gasteiger partial charge in [-0.1, -0.05) is 24.3 Å². The number of hydrogen-bond donors (Lipinski definition) is 1. The normalized spacial score (nSPS) is 23.0. The minimum absolute atomic E-state index is 0.211. The quantitative estimate of drug-likeness (QED) is 0.629. The van der Waals surface area contributed by atoms with Crippen LogP contribution in [0.4, 0.5) is 0 Å². The average Bonchev–Trinajstić information content (AvgIpc) is 1.88. The van der Waals surface area contributed by atoms with Crippen molar-refractivity contribution >= 4 is 5.97 Å². The number of hydrogen-bond acceptors (Lipinski definition) is 1. The number of carbonyl (C=O) groups is 1. The zero-order valence-corrected chi connectivity index (χ0v) is 5.66. The first-order valence-electron chi connectivity index (χ1n) is 3.34. The fourth-order valence-corrected chi connectivity index (χ4v) is 1.01. The van der Waals surface area contributed by atoms with E-state index in [1.807, 2.05) is 24.3 Å². The Balaban J connectivity index is 2.37. The predicted molar refractivity (Wildman–Crippen MR) is 38.6 cm³/mol. The molecule has 2 heteroatoms. The molecule has 0 saturated carbocycles. The Bertz CT molecular complexity index is 180. The Morgan fingerprint density at radius 3 is 2.90 bits per heavy atom. The fourth-order valence-electron chi connectivity index (χ4n) is 1.01. The molecular formula is C8H10O2. The summed E-state index contributed by atoms with van der Waals surface area (Å²) >= 11 is 0. The van der Waals surface area contributed by atoms with Crippen molar-refractivity contribution in [1.82, 2.24) is 0 Å². The lowest BCUT2D eigenvalue weighted by molar-refractivity contribution is -0.137. The summed E-state index contributed by atoms with van der Waals surface area (Å²) < 4.78 is 0. The Morgan fingerprint density at radius 2 is 2.40 bits per heavy atom. The van der Waals surface area contributed by atoms with E-state index < -0.39 is 5.97 Å². The molecule has 0 unspecified atom stereocenters. The second kappa shape index (κ2) is 3.20. The number of aliphatic carboxylic acids is 1. The molecule has 1 aliphatic carbocycles. The first-order valence-corrected chi connectivity index (χ1v) is 3.34. The molecule has 0 fully saturated rings.